The Labute approximate surface area is 106 Å². The van der Waals surface area contributed by atoms with Gasteiger partial charge in [0.15, 0.2) is 0 Å². The second-order valence-electron chi connectivity index (χ2n) is 3.87. The van der Waals surface area contributed by atoms with Gasteiger partial charge in [-0.25, -0.2) is 0 Å². The summed E-state index contributed by atoms with van der Waals surface area (Å²) in [5.74, 6) is 1.00. The molecule has 0 unspecified atom stereocenters. The maximum Gasteiger partial charge on any atom is 0.121 e. The van der Waals surface area contributed by atoms with Crippen molar-refractivity contribution >= 4 is 11.4 Å². The van der Waals surface area contributed by atoms with Crippen LogP contribution in [0, 0.1) is 6.92 Å². The minimum atomic E-state index is 0.260. The third-order valence-corrected chi connectivity index (χ3v) is 2.51. The molecule has 2 aromatic carbocycles. The summed E-state index contributed by atoms with van der Waals surface area (Å²) < 4.78 is 5.11. The monoisotopic (exact) mass is 242 g/mol. The molecule has 0 bridgehead atoms. The molecule has 0 saturated heterocycles. The first-order valence-electron chi connectivity index (χ1n) is 5.54. The molecule has 2 aromatic rings. The number of methoxy groups -OCH3 is 1. The summed E-state index contributed by atoms with van der Waals surface area (Å²) in [6.07, 6.45) is 0. The minimum absolute atomic E-state index is 0.260. The van der Waals surface area contributed by atoms with E-state index in [4.69, 9.17) is 4.74 Å². The van der Waals surface area contributed by atoms with Gasteiger partial charge in [0.25, 0.3) is 0 Å². The van der Waals surface area contributed by atoms with Crippen LogP contribution >= 0.6 is 0 Å². The summed E-state index contributed by atoms with van der Waals surface area (Å²) in [5.41, 5.74) is 2.20. The predicted octanol–water partition coefficient (Wildman–Crippen LogP) is 4.12. The lowest BCUT2D eigenvalue weighted by Crippen LogP contribution is -1.79. The zero-order valence-electron chi connectivity index (χ0n) is 10.3. The number of phenols is 1. The summed E-state index contributed by atoms with van der Waals surface area (Å²) in [6.45, 7) is 1.82. The Bertz CT molecular complexity index is 580. The molecule has 4 heteroatoms. The van der Waals surface area contributed by atoms with Crippen molar-refractivity contribution in [2.75, 3.05) is 7.11 Å². The van der Waals surface area contributed by atoms with Crippen LogP contribution in [0.5, 0.6) is 11.5 Å². The number of hydrogen-bond donors (Lipinski definition) is 1. The van der Waals surface area contributed by atoms with E-state index in [-0.39, 0.29) is 5.75 Å². The fourth-order valence-corrected chi connectivity index (χ4v) is 1.49. The van der Waals surface area contributed by atoms with E-state index < -0.39 is 0 Å². The average Bonchev–Trinajstić information content (AvgIpc) is 2.40. The van der Waals surface area contributed by atoms with Crippen LogP contribution in [0.2, 0.25) is 0 Å². The summed E-state index contributed by atoms with van der Waals surface area (Å²) in [6, 6.07) is 12.5. The van der Waals surface area contributed by atoms with Crippen molar-refractivity contribution in [1.29, 1.82) is 0 Å². The third kappa shape index (κ3) is 2.85. The lowest BCUT2D eigenvalue weighted by Gasteiger charge is -2.00. The lowest BCUT2D eigenvalue weighted by molar-refractivity contribution is 0.415. The minimum Gasteiger partial charge on any atom is -0.508 e. The van der Waals surface area contributed by atoms with E-state index in [1.54, 1.807) is 31.4 Å². The highest BCUT2D eigenvalue weighted by molar-refractivity contribution is 5.47. The molecule has 0 aromatic heterocycles. The Morgan fingerprint density at radius 1 is 1.00 bits per heavy atom. The van der Waals surface area contributed by atoms with Crippen molar-refractivity contribution in [1.82, 2.24) is 0 Å². The smallest absolute Gasteiger partial charge is 0.121 e. The van der Waals surface area contributed by atoms with Gasteiger partial charge in [0, 0.05) is 6.07 Å². The fourth-order valence-electron chi connectivity index (χ4n) is 1.49. The Hall–Kier alpha value is -2.36. The summed E-state index contributed by atoms with van der Waals surface area (Å²) >= 11 is 0. The van der Waals surface area contributed by atoms with Crippen LogP contribution < -0.4 is 4.74 Å². The Balaban J connectivity index is 2.21. The van der Waals surface area contributed by atoms with Gasteiger partial charge in [-0.2, -0.15) is 10.2 Å². The number of aromatic hydroxyl groups is 1. The highest BCUT2D eigenvalue weighted by Crippen LogP contribution is 2.25. The van der Waals surface area contributed by atoms with Crippen LogP contribution in [0.4, 0.5) is 11.4 Å². The molecule has 0 heterocycles. The maximum absolute atomic E-state index is 9.41. The van der Waals surface area contributed by atoms with Crippen LogP contribution in [0.1, 0.15) is 5.56 Å². The van der Waals surface area contributed by atoms with Crippen LogP contribution in [-0.2, 0) is 0 Å². The number of aryl methyl sites for hydroxylation is 1. The molecule has 2 rings (SSSR count). The maximum atomic E-state index is 9.41. The second kappa shape index (κ2) is 5.31. The third-order valence-electron chi connectivity index (χ3n) is 2.51. The van der Waals surface area contributed by atoms with E-state index in [2.05, 4.69) is 10.2 Å². The standard InChI is InChI=1S/C14H14N2O2/c1-10-8-12(6-7-14(10)17)16-15-11-4-3-5-13(9-11)18-2/h3-9,17H,1-2H3. The molecular formula is C14H14N2O2. The van der Waals surface area contributed by atoms with Crippen LogP contribution in [0.15, 0.2) is 52.7 Å². The zero-order chi connectivity index (χ0) is 13.0. The zero-order valence-corrected chi connectivity index (χ0v) is 10.3. The molecule has 0 aliphatic carbocycles. The molecule has 4 nitrogen and oxygen atoms in total. The van der Waals surface area contributed by atoms with Crippen molar-refractivity contribution in [3.05, 3.63) is 48.0 Å². The van der Waals surface area contributed by atoms with Crippen LogP contribution in [-0.4, -0.2) is 12.2 Å². The number of ether oxygens (including phenoxy) is 1. The van der Waals surface area contributed by atoms with E-state index in [9.17, 15) is 5.11 Å². The van der Waals surface area contributed by atoms with E-state index in [1.165, 1.54) is 0 Å². The first-order chi connectivity index (χ1) is 8.69. The average molecular weight is 242 g/mol. The summed E-state index contributed by atoms with van der Waals surface area (Å²) in [5, 5.41) is 17.6. The number of benzene rings is 2. The number of nitrogens with zero attached hydrogens (tertiary/aromatic N) is 2. The van der Waals surface area contributed by atoms with E-state index in [1.807, 2.05) is 25.1 Å². The summed E-state index contributed by atoms with van der Waals surface area (Å²) in [7, 11) is 1.61. The Morgan fingerprint density at radius 2 is 1.72 bits per heavy atom. The van der Waals surface area contributed by atoms with Gasteiger partial charge in [0.05, 0.1) is 18.5 Å². The topological polar surface area (TPSA) is 54.2 Å². The molecular weight excluding hydrogens is 228 g/mol. The Morgan fingerprint density at radius 3 is 2.39 bits per heavy atom. The van der Waals surface area contributed by atoms with Crippen molar-refractivity contribution < 1.29 is 9.84 Å². The van der Waals surface area contributed by atoms with Crippen molar-refractivity contribution in [2.45, 2.75) is 6.92 Å². The fraction of sp³-hybridized carbons (Fsp3) is 0.143. The first-order valence-corrected chi connectivity index (χ1v) is 5.54. The molecule has 0 saturated carbocycles. The number of hydrogen-bond acceptors (Lipinski definition) is 4. The molecule has 0 amide bonds. The molecule has 0 radical (unpaired) electrons. The van der Waals surface area contributed by atoms with Gasteiger partial charge in [-0.3, -0.25) is 0 Å². The second-order valence-corrected chi connectivity index (χ2v) is 3.87. The Kier molecular flexibility index (Phi) is 3.57. The van der Waals surface area contributed by atoms with Gasteiger partial charge < -0.3 is 9.84 Å². The van der Waals surface area contributed by atoms with Crippen molar-refractivity contribution in [3.63, 3.8) is 0 Å². The molecule has 0 spiro atoms. The normalized spacial score (nSPS) is 10.8. The van der Waals surface area contributed by atoms with Gasteiger partial charge in [-0.1, -0.05) is 6.07 Å². The number of phenolic OH excluding ortho intramolecular Hbond substituents is 1. The van der Waals surface area contributed by atoms with Crippen molar-refractivity contribution in [2.24, 2.45) is 10.2 Å². The van der Waals surface area contributed by atoms with Gasteiger partial charge in [0.2, 0.25) is 0 Å². The SMILES string of the molecule is COc1cccc(N=Nc2ccc(O)c(C)c2)c1. The van der Waals surface area contributed by atoms with E-state index in [0.29, 0.717) is 5.69 Å². The van der Waals surface area contributed by atoms with E-state index in [0.717, 1.165) is 17.0 Å². The van der Waals surface area contributed by atoms with Crippen molar-refractivity contribution in [3.8, 4) is 11.5 Å². The molecule has 0 fully saturated rings. The van der Waals surface area contributed by atoms with Crippen LogP contribution in [0.25, 0.3) is 0 Å². The number of rotatable bonds is 3. The molecule has 1 N–H and O–H groups in total. The molecule has 0 aliphatic rings. The first kappa shape index (κ1) is 12.1. The van der Waals surface area contributed by atoms with Gasteiger partial charge in [0.1, 0.15) is 11.5 Å². The highest BCUT2D eigenvalue weighted by atomic mass is 16.5. The molecule has 18 heavy (non-hydrogen) atoms. The van der Waals surface area contributed by atoms with Gasteiger partial charge in [-0.05, 0) is 42.8 Å². The summed E-state index contributed by atoms with van der Waals surface area (Å²) in [4.78, 5) is 0. The largest absolute Gasteiger partial charge is 0.508 e. The quantitative estimate of drug-likeness (QED) is 0.823. The predicted molar refractivity (Wildman–Crippen MR) is 70.0 cm³/mol. The highest BCUT2D eigenvalue weighted by Gasteiger charge is 1.97. The lowest BCUT2D eigenvalue weighted by atomic mass is 10.2. The van der Waals surface area contributed by atoms with Gasteiger partial charge in [-0.15, -0.1) is 0 Å². The van der Waals surface area contributed by atoms with Gasteiger partial charge >= 0.3 is 0 Å². The molecule has 0 atom stereocenters. The number of azo groups is 1. The van der Waals surface area contributed by atoms with E-state index >= 15 is 0 Å². The molecule has 0 aliphatic heterocycles. The molecule has 92 valence electrons. The van der Waals surface area contributed by atoms with Crippen LogP contribution in [0.3, 0.4) is 0 Å².